The Morgan fingerprint density at radius 3 is 2.55 bits per heavy atom. The third-order valence-electron chi connectivity index (χ3n) is 5.62. The normalized spacial score (nSPS) is 16.1. The van der Waals surface area contributed by atoms with Gasteiger partial charge in [-0.25, -0.2) is 4.68 Å². The van der Waals surface area contributed by atoms with Crippen LogP contribution in [0.2, 0.25) is 0 Å². The maximum Gasteiger partial charge on any atom is 0.251 e. The number of piperidine rings is 1. The van der Waals surface area contributed by atoms with E-state index in [1.54, 1.807) is 4.68 Å². The number of aromatic nitrogens is 4. The molecule has 1 atom stereocenters. The number of benzene rings is 2. The molecule has 2 aromatic carbocycles. The molecule has 1 aromatic heterocycles. The first-order valence-electron chi connectivity index (χ1n) is 10.6. The van der Waals surface area contributed by atoms with Crippen LogP contribution in [0.15, 0.2) is 60.9 Å². The Bertz CT molecular complexity index is 989. The fourth-order valence-corrected chi connectivity index (χ4v) is 3.89. The molecule has 3 aromatic rings. The van der Waals surface area contributed by atoms with E-state index in [1.165, 1.54) is 6.33 Å². The van der Waals surface area contributed by atoms with Gasteiger partial charge in [0, 0.05) is 31.6 Å². The zero-order valence-corrected chi connectivity index (χ0v) is 17.4. The first-order valence-corrected chi connectivity index (χ1v) is 10.6. The topological polar surface area (TPSA) is 93.0 Å². The highest BCUT2D eigenvalue weighted by Gasteiger charge is 2.24. The molecule has 0 aliphatic carbocycles. The monoisotopic (exact) mass is 418 g/mol. The third-order valence-corrected chi connectivity index (χ3v) is 5.62. The summed E-state index contributed by atoms with van der Waals surface area (Å²) in [6.45, 7) is 2.47. The lowest BCUT2D eigenvalue weighted by molar-refractivity contribution is -0.133. The first-order chi connectivity index (χ1) is 15.2. The van der Waals surface area contributed by atoms with E-state index in [4.69, 9.17) is 0 Å². The van der Waals surface area contributed by atoms with Gasteiger partial charge in [-0.2, -0.15) is 0 Å². The molecule has 1 fully saturated rings. The van der Waals surface area contributed by atoms with Gasteiger partial charge in [0.25, 0.3) is 5.91 Å². The average molecular weight is 419 g/mol. The van der Waals surface area contributed by atoms with Crippen LogP contribution in [0.1, 0.15) is 29.6 Å². The minimum Gasteiger partial charge on any atom is -0.352 e. The molecule has 8 nitrogen and oxygen atoms in total. The van der Waals surface area contributed by atoms with Gasteiger partial charge < -0.3 is 10.2 Å². The number of tetrazole rings is 1. The summed E-state index contributed by atoms with van der Waals surface area (Å²) in [6, 6.07) is 17.7. The molecule has 1 saturated heterocycles. The molecule has 2 heterocycles. The summed E-state index contributed by atoms with van der Waals surface area (Å²) in [6.07, 6.45) is 3.83. The molecule has 0 unspecified atom stereocenters. The molecule has 0 radical (unpaired) electrons. The Balaban J connectivity index is 1.25. The Morgan fingerprint density at radius 2 is 1.81 bits per heavy atom. The highest BCUT2D eigenvalue weighted by Crippen LogP contribution is 2.20. The van der Waals surface area contributed by atoms with Crippen LogP contribution in [0.25, 0.3) is 11.1 Å². The lowest BCUT2D eigenvalue weighted by Crippen LogP contribution is -2.43. The second-order valence-corrected chi connectivity index (χ2v) is 7.82. The van der Waals surface area contributed by atoms with Crippen molar-refractivity contribution in [3.8, 4) is 11.1 Å². The van der Waals surface area contributed by atoms with E-state index < -0.39 is 0 Å². The fourth-order valence-electron chi connectivity index (χ4n) is 3.89. The summed E-state index contributed by atoms with van der Waals surface area (Å²) >= 11 is 0. The van der Waals surface area contributed by atoms with Crippen LogP contribution >= 0.6 is 0 Å². The average Bonchev–Trinajstić information content (AvgIpc) is 3.35. The summed E-state index contributed by atoms with van der Waals surface area (Å²) in [5.74, 6) is 0.281. The number of carbonyl (C=O) groups excluding carboxylic acids is 2. The molecule has 0 spiro atoms. The third kappa shape index (κ3) is 5.53. The quantitative estimate of drug-likeness (QED) is 0.636. The van der Waals surface area contributed by atoms with E-state index in [9.17, 15) is 9.59 Å². The van der Waals surface area contributed by atoms with Gasteiger partial charge >= 0.3 is 0 Å². The summed E-state index contributed by atoms with van der Waals surface area (Å²) in [4.78, 5) is 27.0. The van der Waals surface area contributed by atoms with Gasteiger partial charge in [-0.15, -0.1) is 5.10 Å². The molecule has 1 aliphatic heterocycles. The molecule has 0 saturated carbocycles. The summed E-state index contributed by atoms with van der Waals surface area (Å²) in [5, 5.41) is 14.0. The van der Waals surface area contributed by atoms with Gasteiger partial charge in [0.2, 0.25) is 5.91 Å². The highest BCUT2D eigenvalue weighted by atomic mass is 16.2. The van der Waals surface area contributed by atoms with Crippen LogP contribution in [0.5, 0.6) is 0 Å². The van der Waals surface area contributed by atoms with Gasteiger partial charge in [0.05, 0.1) is 6.54 Å². The van der Waals surface area contributed by atoms with Gasteiger partial charge in [0.15, 0.2) is 0 Å². The van der Waals surface area contributed by atoms with Crippen LogP contribution in [-0.4, -0.2) is 56.6 Å². The molecule has 4 rings (SSSR count). The molecule has 1 N–H and O–H groups in total. The van der Waals surface area contributed by atoms with Crippen molar-refractivity contribution in [1.29, 1.82) is 0 Å². The number of aryl methyl sites for hydroxylation is 1. The van der Waals surface area contributed by atoms with Crippen molar-refractivity contribution in [1.82, 2.24) is 30.4 Å². The number of likely N-dealkylation sites (tertiary alicyclic amines) is 1. The van der Waals surface area contributed by atoms with Crippen molar-refractivity contribution in [2.24, 2.45) is 5.92 Å². The van der Waals surface area contributed by atoms with E-state index >= 15 is 0 Å². The van der Waals surface area contributed by atoms with Crippen molar-refractivity contribution in [2.45, 2.75) is 25.8 Å². The second kappa shape index (κ2) is 9.97. The zero-order valence-electron chi connectivity index (χ0n) is 17.4. The van der Waals surface area contributed by atoms with Gasteiger partial charge in [0.1, 0.15) is 6.33 Å². The summed E-state index contributed by atoms with van der Waals surface area (Å²) in [5.41, 5.74) is 2.85. The largest absolute Gasteiger partial charge is 0.352 e. The Kier molecular flexibility index (Phi) is 6.66. The summed E-state index contributed by atoms with van der Waals surface area (Å²) < 4.78 is 1.56. The van der Waals surface area contributed by atoms with E-state index in [0.717, 1.165) is 30.5 Å². The van der Waals surface area contributed by atoms with Gasteiger partial charge in [-0.05, 0) is 52.4 Å². The Morgan fingerprint density at radius 1 is 1.03 bits per heavy atom. The highest BCUT2D eigenvalue weighted by molar-refractivity contribution is 5.94. The van der Waals surface area contributed by atoms with Gasteiger partial charge in [-0.1, -0.05) is 42.5 Å². The maximum atomic E-state index is 12.6. The van der Waals surface area contributed by atoms with Crippen molar-refractivity contribution in [3.05, 3.63) is 66.5 Å². The molecule has 0 bridgehead atoms. The lowest BCUT2D eigenvalue weighted by atomic mass is 9.97. The first kappa shape index (κ1) is 20.7. The van der Waals surface area contributed by atoms with E-state index in [2.05, 4.69) is 20.8 Å². The van der Waals surface area contributed by atoms with Crippen LogP contribution in [0.4, 0.5) is 0 Å². The molecule has 160 valence electrons. The smallest absolute Gasteiger partial charge is 0.251 e. The van der Waals surface area contributed by atoms with Crippen LogP contribution < -0.4 is 5.32 Å². The molecular formula is C23H26N6O2. The van der Waals surface area contributed by atoms with Crippen LogP contribution in [0, 0.1) is 5.92 Å². The van der Waals surface area contributed by atoms with Crippen LogP contribution in [0.3, 0.4) is 0 Å². The number of nitrogens with zero attached hydrogens (tertiary/aromatic N) is 5. The Hall–Kier alpha value is -3.55. The minimum absolute atomic E-state index is 0.0817. The molecular weight excluding hydrogens is 392 g/mol. The van der Waals surface area contributed by atoms with E-state index in [0.29, 0.717) is 31.6 Å². The number of hydrogen-bond donors (Lipinski definition) is 1. The predicted molar refractivity (Wildman–Crippen MR) is 116 cm³/mol. The molecule has 31 heavy (non-hydrogen) atoms. The number of hydrogen-bond acceptors (Lipinski definition) is 5. The number of nitrogens with one attached hydrogen (secondary N) is 1. The number of carbonyl (C=O) groups is 2. The molecule has 8 heteroatoms. The molecule has 1 aliphatic rings. The van der Waals surface area contributed by atoms with Crippen LogP contribution in [-0.2, 0) is 11.3 Å². The number of rotatable bonds is 7. The standard InChI is InChI=1S/C23H26N6O2/c30-22(12-14-29-17-25-26-27-29)28-13-4-5-18(16-28)15-24-23(31)21-10-8-20(9-11-21)19-6-2-1-3-7-19/h1-3,6-11,17-18H,4-5,12-16H2,(H,24,31)/t18-/m1/s1. The summed E-state index contributed by atoms with van der Waals surface area (Å²) in [7, 11) is 0. The van der Waals surface area contributed by atoms with Gasteiger partial charge in [-0.3, -0.25) is 9.59 Å². The zero-order chi connectivity index (χ0) is 21.5. The van der Waals surface area contributed by atoms with Crippen molar-refractivity contribution < 1.29 is 9.59 Å². The van der Waals surface area contributed by atoms with Crippen molar-refractivity contribution >= 4 is 11.8 Å². The van der Waals surface area contributed by atoms with E-state index in [-0.39, 0.29) is 17.7 Å². The number of amides is 2. The molecule has 2 amide bonds. The fraction of sp³-hybridized carbons (Fsp3) is 0.348. The maximum absolute atomic E-state index is 12.6. The SMILES string of the molecule is O=C(NC[C@H]1CCCN(C(=O)CCn2cnnn2)C1)c1ccc(-c2ccccc2)cc1. The van der Waals surface area contributed by atoms with E-state index in [1.807, 2.05) is 59.5 Å². The van der Waals surface area contributed by atoms with Crippen molar-refractivity contribution in [2.75, 3.05) is 19.6 Å². The van der Waals surface area contributed by atoms with Crippen molar-refractivity contribution in [3.63, 3.8) is 0 Å². The second-order valence-electron chi connectivity index (χ2n) is 7.82. The Labute approximate surface area is 181 Å². The predicted octanol–water partition coefficient (Wildman–Crippen LogP) is 2.40. The minimum atomic E-state index is -0.0817. The lowest BCUT2D eigenvalue weighted by Gasteiger charge is -2.33.